The van der Waals surface area contributed by atoms with Crippen molar-refractivity contribution < 1.29 is 49.0 Å². The zero-order valence-corrected chi connectivity index (χ0v) is 37.4. The quantitative estimate of drug-likeness (QED) is 0.0205. The van der Waals surface area contributed by atoms with Crippen LogP contribution in [0.2, 0.25) is 0 Å². The summed E-state index contributed by atoms with van der Waals surface area (Å²) in [6, 6.07) is 0. The monoisotopic (exact) mass is 845 g/mol. The third-order valence-electron chi connectivity index (χ3n) is 10.4. The summed E-state index contributed by atoms with van der Waals surface area (Å²) in [7, 11) is 0. The molecule has 0 aliphatic carbocycles. The number of carbonyl (C=O) groups excluding carboxylic acids is 2. The van der Waals surface area contributed by atoms with Gasteiger partial charge in [0.2, 0.25) is 0 Å². The highest BCUT2D eigenvalue weighted by Gasteiger charge is 2.44. The van der Waals surface area contributed by atoms with Crippen LogP contribution >= 0.6 is 0 Å². The zero-order chi connectivity index (χ0) is 43.7. The minimum absolute atomic E-state index is 0.179. The number of unbranched alkanes of at least 4 members (excludes halogenated alkanes) is 18. The summed E-state index contributed by atoms with van der Waals surface area (Å²) in [5.74, 6) is -0.866. The van der Waals surface area contributed by atoms with E-state index < -0.39 is 55.4 Å². The van der Waals surface area contributed by atoms with Crippen LogP contribution in [0.5, 0.6) is 0 Å². The number of allylic oxidation sites excluding steroid dienone is 12. The van der Waals surface area contributed by atoms with Crippen molar-refractivity contribution in [1.29, 1.82) is 0 Å². The second-order valence-electron chi connectivity index (χ2n) is 15.9. The summed E-state index contributed by atoms with van der Waals surface area (Å²) >= 11 is 0. The minimum atomic E-state index is -1.61. The van der Waals surface area contributed by atoms with E-state index in [1.807, 2.05) is 36.5 Å². The molecular formula is C50H84O10. The summed E-state index contributed by atoms with van der Waals surface area (Å²) in [5.41, 5.74) is 0. The number of hydrogen-bond acceptors (Lipinski definition) is 10. The SMILES string of the molecule is CC/C=C/C=C/C=C/C=C/CCCCCC(=O)OC(COC(=O)CCCCCCCCC/C=C/C/C=C/CCCCCCCCCC)CO[C@H]1O[C@@H](CO)[C@@H](O)C(O)C1O. The molecule has 0 bridgehead atoms. The largest absolute Gasteiger partial charge is 0.462 e. The van der Waals surface area contributed by atoms with Gasteiger partial charge in [-0.05, 0) is 64.2 Å². The summed E-state index contributed by atoms with van der Waals surface area (Å²) < 4.78 is 22.1. The van der Waals surface area contributed by atoms with Gasteiger partial charge in [-0.15, -0.1) is 0 Å². The molecule has 3 unspecified atom stereocenters. The van der Waals surface area contributed by atoms with E-state index in [1.54, 1.807) is 0 Å². The molecule has 60 heavy (non-hydrogen) atoms. The highest BCUT2D eigenvalue weighted by molar-refractivity contribution is 5.70. The van der Waals surface area contributed by atoms with E-state index in [1.165, 1.54) is 77.0 Å². The Bertz CT molecular complexity index is 1210. The van der Waals surface area contributed by atoms with Crippen LogP contribution in [0, 0.1) is 0 Å². The van der Waals surface area contributed by atoms with E-state index in [-0.39, 0.29) is 26.1 Å². The predicted molar refractivity (Wildman–Crippen MR) is 242 cm³/mol. The summed E-state index contributed by atoms with van der Waals surface area (Å²) in [6.07, 6.45) is 43.5. The van der Waals surface area contributed by atoms with Gasteiger partial charge in [0.25, 0.3) is 0 Å². The Morgan fingerprint density at radius 1 is 0.550 bits per heavy atom. The fraction of sp³-hybridized carbons (Fsp3) is 0.720. The Hall–Kier alpha value is -2.86. The number of esters is 2. The molecule has 10 heteroatoms. The van der Waals surface area contributed by atoms with E-state index in [4.69, 9.17) is 18.9 Å². The third kappa shape index (κ3) is 31.1. The molecule has 0 aromatic heterocycles. The fourth-order valence-electron chi connectivity index (χ4n) is 6.70. The molecule has 0 saturated carbocycles. The molecule has 4 N–H and O–H groups in total. The van der Waals surface area contributed by atoms with E-state index in [0.717, 1.165) is 57.8 Å². The minimum Gasteiger partial charge on any atom is -0.462 e. The van der Waals surface area contributed by atoms with Gasteiger partial charge in [0.1, 0.15) is 31.0 Å². The van der Waals surface area contributed by atoms with E-state index in [0.29, 0.717) is 12.8 Å². The number of aliphatic hydroxyl groups excluding tert-OH is 4. The van der Waals surface area contributed by atoms with Gasteiger partial charge >= 0.3 is 11.9 Å². The van der Waals surface area contributed by atoms with Gasteiger partial charge in [-0.1, -0.05) is 170 Å². The number of rotatable bonds is 38. The lowest BCUT2D eigenvalue weighted by Crippen LogP contribution is -2.59. The fourth-order valence-corrected chi connectivity index (χ4v) is 6.70. The molecule has 1 heterocycles. The Labute approximate surface area is 363 Å². The first-order chi connectivity index (χ1) is 29.3. The Kier molecular flexibility index (Phi) is 37.0. The first-order valence-electron chi connectivity index (χ1n) is 23.6. The van der Waals surface area contributed by atoms with Crippen molar-refractivity contribution in [1.82, 2.24) is 0 Å². The van der Waals surface area contributed by atoms with Crippen LogP contribution in [0.25, 0.3) is 0 Å². The topological polar surface area (TPSA) is 152 Å². The van der Waals surface area contributed by atoms with Gasteiger partial charge in [0.15, 0.2) is 12.4 Å². The van der Waals surface area contributed by atoms with Crippen LogP contribution < -0.4 is 0 Å². The van der Waals surface area contributed by atoms with E-state index in [9.17, 15) is 30.0 Å². The van der Waals surface area contributed by atoms with Crippen LogP contribution in [-0.2, 0) is 28.5 Å². The lowest BCUT2D eigenvalue weighted by atomic mass is 9.99. The van der Waals surface area contributed by atoms with Crippen molar-refractivity contribution >= 4 is 11.9 Å². The smallest absolute Gasteiger partial charge is 0.306 e. The normalized spacial score (nSPS) is 20.5. The lowest BCUT2D eigenvalue weighted by Gasteiger charge is -2.39. The average molecular weight is 845 g/mol. The molecule has 1 aliphatic heterocycles. The van der Waals surface area contributed by atoms with Gasteiger partial charge in [-0.25, -0.2) is 0 Å². The molecule has 0 aromatic carbocycles. The number of aliphatic hydroxyl groups is 4. The van der Waals surface area contributed by atoms with Gasteiger partial charge in [-0.2, -0.15) is 0 Å². The third-order valence-corrected chi connectivity index (χ3v) is 10.4. The number of carbonyl (C=O) groups is 2. The highest BCUT2D eigenvalue weighted by Crippen LogP contribution is 2.22. The van der Waals surface area contributed by atoms with Crippen molar-refractivity contribution in [3.8, 4) is 0 Å². The summed E-state index contributed by atoms with van der Waals surface area (Å²) in [4.78, 5) is 25.3. The van der Waals surface area contributed by atoms with Gasteiger partial charge < -0.3 is 39.4 Å². The maximum absolute atomic E-state index is 12.7. The second kappa shape index (κ2) is 40.2. The molecule has 344 valence electrons. The Morgan fingerprint density at radius 3 is 1.63 bits per heavy atom. The van der Waals surface area contributed by atoms with Gasteiger partial charge in [0, 0.05) is 12.8 Å². The summed E-state index contributed by atoms with van der Waals surface area (Å²) in [6.45, 7) is 3.22. The summed E-state index contributed by atoms with van der Waals surface area (Å²) in [5, 5.41) is 40.1. The predicted octanol–water partition coefficient (Wildman–Crippen LogP) is 10.4. The first-order valence-corrected chi connectivity index (χ1v) is 23.6. The molecule has 10 nitrogen and oxygen atoms in total. The molecule has 1 saturated heterocycles. The number of ether oxygens (including phenoxy) is 4. The second-order valence-corrected chi connectivity index (χ2v) is 15.9. The van der Waals surface area contributed by atoms with E-state index >= 15 is 0 Å². The maximum atomic E-state index is 12.7. The standard InChI is InChI=1S/C50H84O10/c1-3-5-7-9-11-13-15-17-18-19-20-21-22-23-24-25-27-28-30-32-34-36-38-45(52)57-41-43(42-58-50-49(56)48(55)47(54)44(40-51)60-50)59-46(53)39-37-35-33-31-29-26-16-14-12-10-8-6-4-2/h6,8,10,12,14,16,19-20,22-23,26,29,43-44,47-51,54-56H,3-5,7,9,11,13,15,17-18,21,24-25,27-28,30-42H2,1-2H3/b8-6+,12-10+,16-14+,20-19+,23-22+,29-26+/t43?,44-,47+,48?,49?,50-/m0/s1. The molecular weight excluding hydrogens is 761 g/mol. The molecule has 1 rings (SSSR count). The van der Waals surface area contributed by atoms with Crippen molar-refractivity contribution in [2.75, 3.05) is 19.8 Å². The molecule has 0 spiro atoms. The average Bonchev–Trinajstić information content (AvgIpc) is 3.25. The van der Waals surface area contributed by atoms with Crippen LogP contribution in [0.15, 0.2) is 72.9 Å². The van der Waals surface area contributed by atoms with Crippen LogP contribution in [0.1, 0.15) is 174 Å². The molecule has 1 fully saturated rings. The molecule has 0 aromatic rings. The van der Waals surface area contributed by atoms with Crippen LogP contribution in [0.4, 0.5) is 0 Å². The number of hydrogen-bond donors (Lipinski definition) is 4. The van der Waals surface area contributed by atoms with Crippen LogP contribution in [-0.4, -0.2) is 89.0 Å². The first kappa shape index (κ1) is 55.2. The highest BCUT2D eigenvalue weighted by atomic mass is 16.7. The Balaban J connectivity index is 2.30. The molecule has 0 amide bonds. The zero-order valence-electron chi connectivity index (χ0n) is 37.4. The van der Waals surface area contributed by atoms with Gasteiger partial charge in [-0.3, -0.25) is 9.59 Å². The Morgan fingerprint density at radius 2 is 1.05 bits per heavy atom. The maximum Gasteiger partial charge on any atom is 0.306 e. The van der Waals surface area contributed by atoms with Crippen molar-refractivity contribution in [3.63, 3.8) is 0 Å². The molecule has 0 radical (unpaired) electrons. The molecule has 1 aliphatic rings. The van der Waals surface area contributed by atoms with Crippen molar-refractivity contribution in [3.05, 3.63) is 72.9 Å². The molecule has 6 atom stereocenters. The van der Waals surface area contributed by atoms with Crippen LogP contribution in [0.3, 0.4) is 0 Å². The lowest BCUT2D eigenvalue weighted by molar-refractivity contribution is -0.305. The van der Waals surface area contributed by atoms with Crippen molar-refractivity contribution in [2.45, 2.75) is 211 Å². The van der Waals surface area contributed by atoms with Crippen molar-refractivity contribution in [2.24, 2.45) is 0 Å². The van der Waals surface area contributed by atoms with Gasteiger partial charge in [0.05, 0.1) is 13.2 Å². The van der Waals surface area contributed by atoms with E-state index in [2.05, 4.69) is 50.3 Å².